The van der Waals surface area contributed by atoms with Crippen molar-refractivity contribution in [3.8, 4) is 11.3 Å². The Morgan fingerprint density at radius 3 is 2.40 bits per heavy atom. The number of carbonyl (C=O) groups is 3. The SMILES string of the molecule is CCCCCNC(=O)N1CCC([C@H](c2nc(-c3cc(F)ccc3F)cn2Cc2ccccc2)N(C[C@@H]2CN(C(=O)OC(C)(C)C)C[C@@H]2F)C(=O)[C@H](C)O)CC1. The third kappa shape index (κ3) is 10.8. The van der Waals surface area contributed by atoms with Crippen molar-refractivity contribution in [2.75, 3.05) is 39.3 Å². The minimum absolute atomic E-state index is 0.0265. The molecule has 3 heterocycles. The summed E-state index contributed by atoms with van der Waals surface area (Å²) in [6.45, 7) is 9.74. The minimum Gasteiger partial charge on any atom is -0.444 e. The molecule has 4 atom stereocenters. The highest BCUT2D eigenvalue weighted by atomic mass is 19.1. The molecule has 4 amide bonds. The number of nitrogens with zero attached hydrogens (tertiary/aromatic N) is 5. The average molecular weight is 769 g/mol. The molecule has 0 saturated carbocycles. The number of likely N-dealkylation sites (tertiary alicyclic amines) is 2. The van der Waals surface area contributed by atoms with Crippen LogP contribution in [0.2, 0.25) is 0 Å². The van der Waals surface area contributed by atoms with Gasteiger partial charge in [0, 0.05) is 56.9 Å². The molecule has 2 aliphatic rings. The first-order valence-electron chi connectivity index (χ1n) is 19.3. The van der Waals surface area contributed by atoms with Gasteiger partial charge in [-0.25, -0.2) is 27.7 Å². The Balaban J connectivity index is 1.56. The number of unbranched alkanes of at least 4 members (excludes halogenated alkanes) is 2. The van der Waals surface area contributed by atoms with E-state index in [1.165, 1.54) is 16.7 Å². The number of aliphatic hydroxyl groups is 1. The Labute approximate surface area is 321 Å². The maximum Gasteiger partial charge on any atom is 0.410 e. The molecular formula is C41H55F3N6O5. The van der Waals surface area contributed by atoms with Gasteiger partial charge in [0.05, 0.1) is 18.3 Å². The van der Waals surface area contributed by atoms with Crippen LogP contribution in [0.1, 0.15) is 84.2 Å². The maximum absolute atomic E-state index is 15.9. The lowest BCUT2D eigenvalue weighted by atomic mass is 9.86. The van der Waals surface area contributed by atoms with Crippen molar-refractivity contribution in [3.63, 3.8) is 0 Å². The van der Waals surface area contributed by atoms with Gasteiger partial charge in [-0.3, -0.25) is 4.79 Å². The van der Waals surface area contributed by atoms with Gasteiger partial charge in [0.15, 0.2) is 0 Å². The quantitative estimate of drug-likeness (QED) is 0.182. The van der Waals surface area contributed by atoms with Gasteiger partial charge < -0.3 is 34.4 Å². The lowest BCUT2D eigenvalue weighted by molar-refractivity contribution is -0.145. The van der Waals surface area contributed by atoms with Crippen LogP contribution in [0.5, 0.6) is 0 Å². The summed E-state index contributed by atoms with van der Waals surface area (Å²) in [6.07, 6.45) is 1.76. The van der Waals surface area contributed by atoms with Crippen LogP contribution >= 0.6 is 0 Å². The van der Waals surface area contributed by atoms with Crippen LogP contribution in [0.15, 0.2) is 54.7 Å². The van der Waals surface area contributed by atoms with Gasteiger partial charge in [-0.1, -0.05) is 50.1 Å². The van der Waals surface area contributed by atoms with E-state index in [0.29, 0.717) is 38.3 Å². The average Bonchev–Trinajstić information content (AvgIpc) is 3.73. The Bertz CT molecular complexity index is 1760. The molecule has 14 heteroatoms. The fourth-order valence-corrected chi connectivity index (χ4v) is 7.41. The molecule has 0 radical (unpaired) electrons. The van der Waals surface area contributed by atoms with E-state index in [1.807, 2.05) is 30.3 Å². The summed E-state index contributed by atoms with van der Waals surface area (Å²) in [5.41, 5.74) is 0.154. The molecule has 2 aromatic carbocycles. The second-order valence-corrected chi connectivity index (χ2v) is 15.8. The Morgan fingerprint density at radius 2 is 1.75 bits per heavy atom. The van der Waals surface area contributed by atoms with Gasteiger partial charge >= 0.3 is 12.1 Å². The standard InChI is InChI=1S/C41H55F3N6O5/c1-6-7-11-18-45-39(53)47-19-16-29(17-20-47)36(50(38(52)27(2)51)24-30-23-49(25-34(30)44)40(54)55-41(3,4)5)37-46-35(32-21-31(42)14-15-33(32)43)26-48(37)22-28-12-9-8-10-13-28/h8-10,12-15,21,26-27,29-30,34,36,51H,6-7,11,16-20,22-25H2,1-5H3,(H,45,53)/t27-,30-,34-,36+/m0/s1. The minimum atomic E-state index is -1.50. The predicted octanol–water partition coefficient (Wildman–Crippen LogP) is 6.94. The van der Waals surface area contributed by atoms with Crippen molar-refractivity contribution in [2.24, 2.45) is 11.8 Å². The molecular weight excluding hydrogens is 713 g/mol. The number of rotatable bonds is 13. The molecule has 0 spiro atoms. The highest BCUT2D eigenvalue weighted by molar-refractivity contribution is 5.81. The number of ether oxygens (including phenoxy) is 1. The second-order valence-electron chi connectivity index (χ2n) is 15.8. The number of aromatic nitrogens is 2. The Hall–Kier alpha value is -4.59. The number of benzene rings is 2. The number of alkyl halides is 1. The first kappa shape index (κ1) is 41.6. The molecule has 5 rings (SSSR count). The predicted molar refractivity (Wildman–Crippen MR) is 203 cm³/mol. The normalized spacial score (nSPS) is 18.9. The fraction of sp³-hybridized carbons (Fsp3) is 0.561. The summed E-state index contributed by atoms with van der Waals surface area (Å²) in [4.78, 5) is 49.7. The van der Waals surface area contributed by atoms with Crippen LogP contribution in [0, 0.1) is 23.5 Å². The first-order chi connectivity index (χ1) is 26.1. The van der Waals surface area contributed by atoms with Crippen LogP contribution in [0.4, 0.5) is 22.8 Å². The number of urea groups is 1. The number of nitrogens with one attached hydrogen (secondary N) is 1. The molecule has 0 aliphatic carbocycles. The van der Waals surface area contributed by atoms with Crippen LogP contribution in [0.3, 0.4) is 0 Å². The van der Waals surface area contributed by atoms with Crippen LogP contribution in [-0.4, -0.2) is 105 Å². The van der Waals surface area contributed by atoms with Crippen LogP contribution in [0.25, 0.3) is 11.3 Å². The molecule has 11 nitrogen and oxygen atoms in total. The van der Waals surface area contributed by atoms with E-state index in [2.05, 4.69) is 12.2 Å². The largest absolute Gasteiger partial charge is 0.444 e. The number of halogens is 3. The zero-order chi connectivity index (χ0) is 39.9. The lowest BCUT2D eigenvalue weighted by Gasteiger charge is -2.42. The third-order valence-electron chi connectivity index (χ3n) is 10.2. The number of amides is 4. The second kappa shape index (κ2) is 18.4. The molecule has 300 valence electrons. The summed E-state index contributed by atoms with van der Waals surface area (Å²) >= 11 is 0. The summed E-state index contributed by atoms with van der Waals surface area (Å²) in [5, 5.41) is 13.8. The highest BCUT2D eigenvalue weighted by Gasteiger charge is 2.44. The summed E-state index contributed by atoms with van der Waals surface area (Å²) < 4.78 is 53.1. The molecule has 2 N–H and O–H groups in total. The molecule has 2 aliphatic heterocycles. The third-order valence-corrected chi connectivity index (χ3v) is 10.2. The number of carbonyl (C=O) groups excluding carboxylic acids is 3. The van der Waals surface area contributed by atoms with Crippen LogP contribution < -0.4 is 5.32 Å². The molecule has 0 unspecified atom stereocenters. The number of hydrogen-bond donors (Lipinski definition) is 2. The Kier molecular flexibility index (Phi) is 13.9. The number of piperidine rings is 1. The van der Waals surface area contributed by atoms with Crippen LogP contribution in [-0.2, 0) is 16.1 Å². The van der Waals surface area contributed by atoms with Crippen molar-refractivity contribution >= 4 is 18.0 Å². The number of aliphatic hydroxyl groups excluding tert-OH is 1. The molecule has 1 aromatic heterocycles. The molecule has 2 saturated heterocycles. The van der Waals surface area contributed by atoms with E-state index in [-0.39, 0.29) is 49.4 Å². The Morgan fingerprint density at radius 1 is 1.04 bits per heavy atom. The monoisotopic (exact) mass is 768 g/mol. The van der Waals surface area contributed by atoms with Gasteiger partial charge in [0.1, 0.15) is 35.3 Å². The molecule has 0 bridgehead atoms. The van der Waals surface area contributed by atoms with Crippen molar-refractivity contribution in [1.82, 2.24) is 29.6 Å². The summed E-state index contributed by atoms with van der Waals surface area (Å²) in [6, 6.07) is 11.5. The van der Waals surface area contributed by atoms with Gasteiger partial charge in [-0.05, 0) is 76.6 Å². The zero-order valence-corrected chi connectivity index (χ0v) is 32.5. The van der Waals surface area contributed by atoms with Crippen molar-refractivity contribution in [2.45, 2.75) is 97.2 Å². The van der Waals surface area contributed by atoms with Gasteiger partial charge in [0.25, 0.3) is 5.91 Å². The zero-order valence-electron chi connectivity index (χ0n) is 32.5. The topological polar surface area (TPSA) is 120 Å². The smallest absolute Gasteiger partial charge is 0.410 e. The van der Waals surface area contributed by atoms with E-state index < -0.39 is 53.5 Å². The van der Waals surface area contributed by atoms with Crippen molar-refractivity contribution in [3.05, 3.63) is 77.8 Å². The number of hydrogen-bond acceptors (Lipinski definition) is 6. The maximum atomic E-state index is 15.9. The summed E-state index contributed by atoms with van der Waals surface area (Å²) in [7, 11) is 0. The fourth-order valence-electron chi connectivity index (χ4n) is 7.41. The van der Waals surface area contributed by atoms with E-state index in [9.17, 15) is 23.9 Å². The van der Waals surface area contributed by atoms with Gasteiger partial charge in [0.2, 0.25) is 0 Å². The van der Waals surface area contributed by atoms with Gasteiger partial charge in [-0.15, -0.1) is 0 Å². The molecule has 2 fully saturated rings. The van der Waals surface area contributed by atoms with Gasteiger partial charge in [-0.2, -0.15) is 0 Å². The van der Waals surface area contributed by atoms with E-state index in [4.69, 9.17) is 9.72 Å². The van der Waals surface area contributed by atoms with E-state index in [0.717, 1.165) is 43.0 Å². The summed E-state index contributed by atoms with van der Waals surface area (Å²) in [5.74, 6) is -2.83. The molecule has 55 heavy (non-hydrogen) atoms. The van der Waals surface area contributed by atoms with E-state index in [1.54, 1.807) is 36.4 Å². The molecule has 3 aromatic rings. The number of imidazole rings is 1. The van der Waals surface area contributed by atoms with Crippen molar-refractivity contribution in [1.29, 1.82) is 0 Å². The van der Waals surface area contributed by atoms with E-state index >= 15 is 8.78 Å². The highest BCUT2D eigenvalue weighted by Crippen LogP contribution is 2.39. The van der Waals surface area contributed by atoms with Crippen molar-refractivity contribution < 1.29 is 37.4 Å². The first-order valence-corrected chi connectivity index (χ1v) is 19.3. The lowest BCUT2D eigenvalue weighted by Crippen LogP contribution is -2.51.